The summed E-state index contributed by atoms with van der Waals surface area (Å²) in [5, 5.41) is 17.6. The number of nitriles is 1. The van der Waals surface area contributed by atoms with Crippen molar-refractivity contribution >= 4 is 0 Å². The van der Waals surface area contributed by atoms with Gasteiger partial charge in [0.15, 0.2) is 0 Å². The monoisotopic (exact) mass is 177 g/mol. The maximum atomic E-state index is 8.98. The van der Waals surface area contributed by atoms with Crippen molar-refractivity contribution in [1.82, 2.24) is 4.98 Å². The van der Waals surface area contributed by atoms with Crippen molar-refractivity contribution in [3.8, 4) is 6.07 Å². The topological polar surface area (TPSA) is 82.9 Å². The van der Waals surface area contributed by atoms with Gasteiger partial charge in [-0.1, -0.05) is 0 Å². The fourth-order valence-electron chi connectivity index (χ4n) is 0.905. The first-order valence-corrected chi connectivity index (χ1v) is 3.85. The van der Waals surface area contributed by atoms with Crippen LogP contribution in [0.1, 0.15) is 18.1 Å². The highest BCUT2D eigenvalue weighted by molar-refractivity contribution is 5.32. The lowest BCUT2D eigenvalue weighted by Gasteiger charge is -2.21. The quantitative estimate of drug-likeness (QED) is 0.672. The van der Waals surface area contributed by atoms with E-state index in [1.165, 1.54) is 6.20 Å². The third kappa shape index (κ3) is 2.02. The average molecular weight is 177 g/mol. The predicted molar refractivity (Wildman–Crippen MR) is 47.6 cm³/mol. The molecular weight excluding hydrogens is 166 g/mol. The van der Waals surface area contributed by atoms with Crippen molar-refractivity contribution < 1.29 is 5.11 Å². The number of aromatic nitrogens is 1. The number of pyridine rings is 1. The Balaban J connectivity index is 3.10. The molecule has 0 saturated heterocycles. The van der Waals surface area contributed by atoms with E-state index in [9.17, 15) is 0 Å². The highest BCUT2D eigenvalue weighted by Crippen LogP contribution is 2.16. The number of nitrogens with zero attached hydrogens (tertiary/aromatic N) is 2. The first kappa shape index (κ1) is 9.65. The third-order valence-corrected chi connectivity index (χ3v) is 1.86. The summed E-state index contributed by atoms with van der Waals surface area (Å²) in [6, 6.07) is 3.59. The number of aliphatic hydroxyl groups is 1. The molecule has 3 N–H and O–H groups in total. The molecule has 0 fully saturated rings. The van der Waals surface area contributed by atoms with Gasteiger partial charge >= 0.3 is 0 Å². The van der Waals surface area contributed by atoms with Gasteiger partial charge in [-0.2, -0.15) is 5.26 Å². The lowest BCUT2D eigenvalue weighted by molar-refractivity contribution is 0.210. The van der Waals surface area contributed by atoms with Crippen molar-refractivity contribution in [3.05, 3.63) is 29.6 Å². The van der Waals surface area contributed by atoms with Crippen LogP contribution in [0.3, 0.4) is 0 Å². The SMILES string of the molecule is C[C@@](N)(CO)c1cncc(C#N)c1. The summed E-state index contributed by atoms with van der Waals surface area (Å²) < 4.78 is 0. The van der Waals surface area contributed by atoms with Crippen LogP contribution >= 0.6 is 0 Å². The van der Waals surface area contributed by atoms with Gasteiger partial charge in [0.05, 0.1) is 17.7 Å². The van der Waals surface area contributed by atoms with Crippen LogP contribution in [0.15, 0.2) is 18.5 Å². The van der Waals surface area contributed by atoms with E-state index in [-0.39, 0.29) is 6.61 Å². The lowest BCUT2D eigenvalue weighted by Crippen LogP contribution is -2.37. The van der Waals surface area contributed by atoms with Gasteiger partial charge in [0.25, 0.3) is 0 Å². The molecule has 1 aromatic heterocycles. The Hall–Kier alpha value is -1.44. The van der Waals surface area contributed by atoms with E-state index >= 15 is 0 Å². The van der Waals surface area contributed by atoms with Crippen LogP contribution in [0.25, 0.3) is 0 Å². The van der Waals surface area contributed by atoms with Crippen LogP contribution in [0.5, 0.6) is 0 Å². The zero-order chi connectivity index (χ0) is 9.90. The van der Waals surface area contributed by atoms with Gasteiger partial charge in [0, 0.05) is 12.4 Å². The number of rotatable bonds is 2. The Morgan fingerprint density at radius 3 is 2.92 bits per heavy atom. The van der Waals surface area contributed by atoms with Gasteiger partial charge in [-0.15, -0.1) is 0 Å². The summed E-state index contributed by atoms with van der Waals surface area (Å²) in [5.74, 6) is 0. The lowest BCUT2D eigenvalue weighted by atomic mass is 9.95. The Kier molecular flexibility index (Phi) is 2.61. The van der Waals surface area contributed by atoms with E-state index in [4.69, 9.17) is 16.1 Å². The standard InChI is InChI=1S/C9H11N3O/c1-9(11,6-13)8-2-7(3-10)4-12-5-8/h2,4-5,13H,6,11H2,1H3/t9-/m1/s1. The number of hydrogen-bond acceptors (Lipinski definition) is 4. The largest absolute Gasteiger partial charge is 0.394 e. The summed E-state index contributed by atoms with van der Waals surface area (Å²) in [6.07, 6.45) is 3.01. The molecular formula is C9H11N3O. The Labute approximate surface area is 76.6 Å². The van der Waals surface area contributed by atoms with Gasteiger partial charge in [0.1, 0.15) is 6.07 Å². The fraction of sp³-hybridized carbons (Fsp3) is 0.333. The molecule has 1 heterocycles. The van der Waals surface area contributed by atoms with Crippen LogP contribution in [0.2, 0.25) is 0 Å². The van der Waals surface area contributed by atoms with Crippen LogP contribution in [0.4, 0.5) is 0 Å². The molecule has 68 valence electrons. The van der Waals surface area contributed by atoms with E-state index in [0.717, 1.165) is 0 Å². The minimum atomic E-state index is -0.833. The van der Waals surface area contributed by atoms with Gasteiger partial charge in [-0.05, 0) is 18.6 Å². The second kappa shape index (κ2) is 3.52. The Bertz CT molecular complexity index is 341. The van der Waals surface area contributed by atoms with Crippen LogP contribution in [0, 0.1) is 11.3 Å². The molecule has 0 unspecified atom stereocenters. The molecule has 0 bridgehead atoms. The molecule has 0 spiro atoms. The van der Waals surface area contributed by atoms with E-state index in [1.54, 1.807) is 19.2 Å². The van der Waals surface area contributed by atoms with Crippen molar-refractivity contribution in [1.29, 1.82) is 5.26 Å². The zero-order valence-electron chi connectivity index (χ0n) is 7.36. The van der Waals surface area contributed by atoms with Crippen molar-refractivity contribution in [3.63, 3.8) is 0 Å². The van der Waals surface area contributed by atoms with Crippen LogP contribution < -0.4 is 5.73 Å². The summed E-state index contributed by atoms with van der Waals surface area (Å²) in [4.78, 5) is 3.86. The molecule has 1 atom stereocenters. The molecule has 0 aliphatic heterocycles. The highest BCUT2D eigenvalue weighted by atomic mass is 16.3. The first-order valence-electron chi connectivity index (χ1n) is 3.85. The van der Waals surface area contributed by atoms with Gasteiger partial charge in [0.2, 0.25) is 0 Å². The van der Waals surface area contributed by atoms with Crippen LogP contribution in [-0.2, 0) is 5.54 Å². The molecule has 0 aliphatic carbocycles. The number of nitrogens with two attached hydrogens (primary N) is 1. The number of aliphatic hydroxyl groups excluding tert-OH is 1. The zero-order valence-corrected chi connectivity index (χ0v) is 7.36. The molecule has 0 radical (unpaired) electrons. The van der Waals surface area contributed by atoms with Crippen LogP contribution in [-0.4, -0.2) is 16.7 Å². The van der Waals surface area contributed by atoms with E-state index in [0.29, 0.717) is 11.1 Å². The van der Waals surface area contributed by atoms with E-state index in [1.807, 2.05) is 6.07 Å². The summed E-state index contributed by atoms with van der Waals surface area (Å²) in [6.45, 7) is 1.51. The molecule has 4 heteroatoms. The predicted octanol–water partition coefficient (Wildman–Crippen LogP) is 0.119. The summed E-state index contributed by atoms with van der Waals surface area (Å²) in [7, 11) is 0. The average Bonchev–Trinajstić information content (AvgIpc) is 2.18. The minimum Gasteiger partial charge on any atom is -0.394 e. The molecule has 13 heavy (non-hydrogen) atoms. The molecule has 1 rings (SSSR count). The van der Waals surface area contributed by atoms with Gasteiger partial charge in [-0.25, -0.2) is 0 Å². The van der Waals surface area contributed by atoms with E-state index < -0.39 is 5.54 Å². The third-order valence-electron chi connectivity index (χ3n) is 1.86. The fourth-order valence-corrected chi connectivity index (χ4v) is 0.905. The molecule has 4 nitrogen and oxygen atoms in total. The van der Waals surface area contributed by atoms with Crippen molar-refractivity contribution in [2.75, 3.05) is 6.61 Å². The molecule has 0 amide bonds. The van der Waals surface area contributed by atoms with Gasteiger partial charge < -0.3 is 10.8 Å². The summed E-state index contributed by atoms with van der Waals surface area (Å²) in [5.41, 5.74) is 6.04. The number of hydrogen-bond donors (Lipinski definition) is 2. The smallest absolute Gasteiger partial charge is 0.101 e. The molecule has 0 aromatic carbocycles. The second-order valence-corrected chi connectivity index (χ2v) is 3.15. The second-order valence-electron chi connectivity index (χ2n) is 3.15. The molecule has 0 aliphatic rings. The minimum absolute atomic E-state index is 0.177. The van der Waals surface area contributed by atoms with E-state index in [2.05, 4.69) is 4.98 Å². The molecule has 1 aromatic rings. The molecule has 0 saturated carbocycles. The van der Waals surface area contributed by atoms with Crippen molar-refractivity contribution in [2.45, 2.75) is 12.5 Å². The highest BCUT2D eigenvalue weighted by Gasteiger charge is 2.20. The first-order chi connectivity index (χ1) is 6.10. The Morgan fingerprint density at radius 2 is 2.38 bits per heavy atom. The van der Waals surface area contributed by atoms with Gasteiger partial charge in [-0.3, -0.25) is 4.98 Å². The van der Waals surface area contributed by atoms with Crippen molar-refractivity contribution in [2.24, 2.45) is 5.73 Å². The maximum Gasteiger partial charge on any atom is 0.101 e. The normalized spacial score (nSPS) is 14.6. The maximum absolute atomic E-state index is 8.98. The Morgan fingerprint density at radius 1 is 1.69 bits per heavy atom. The summed E-state index contributed by atoms with van der Waals surface area (Å²) >= 11 is 0.